The van der Waals surface area contributed by atoms with Gasteiger partial charge in [0.2, 0.25) is 0 Å². The van der Waals surface area contributed by atoms with Crippen molar-refractivity contribution in [1.29, 1.82) is 0 Å². The second-order valence-electron chi connectivity index (χ2n) is 4.64. The van der Waals surface area contributed by atoms with Crippen molar-refractivity contribution in [2.45, 2.75) is 20.3 Å². The highest BCUT2D eigenvalue weighted by Gasteiger charge is 2.23. The summed E-state index contributed by atoms with van der Waals surface area (Å²) >= 11 is 4.69. The molecule has 1 atom stereocenters. The van der Waals surface area contributed by atoms with Gasteiger partial charge >= 0.3 is 5.97 Å². The van der Waals surface area contributed by atoms with Gasteiger partial charge in [-0.25, -0.2) is 0 Å². The molecule has 0 spiro atoms. The molecule has 21 heavy (non-hydrogen) atoms. The van der Waals surface area contributed by atoms with Crippen LogP contribution in [0.25, 0.3) is 0 Å². The number of hydrogen-bond donors (Lipinski definition) is 1. The van der Waals surface area contributed by atoms with E-state index in [0.717, 1.165) is 4.47 Å². The average Bonchev–Trinajstić information content (AvgIpc) is 2.87. The molecule has 0 aromatic carbocycles. The third-order valence-electron chi connectivity index (χ3n) is 2.94. The molecule has 0 aliphatic carbocycles. The summed E-state index contributed by atoms with van der Waals surface area (Å²) in [5, 5.41) is 10.9. The average molecular weight is 378 g/mol. The Morgan fingerprint density at radius 1 is 1.52 bits per heavy atom. The molecule has 0 saturated heterocycles. The van der Waals surface area contributed by atoms with E-state index in [4.69, 9.17) is 9.84 Å². The van der Waals surface area contributed by atoms with Crippen LogP contribution in [0.2, 0.25) is 0 Å². The molecule has 0 radical (unpaired) electrons. The SMILES string of the molecule is CCOCCCN(CC(C)C(=O)O)C(=O)c1sccc1Br. The number of hydrogen-bond acceptors (Lipinski definition) is 4. The van der Waals surface area contributed by atoms with Crippen molar-refractivity contribution < 1.29 is 19.4 Å². The number of amides is 1. The number of carbonyl (C=O) groups is 2. The number of aliphatic carboxylic acids is 1. The number of carboxylic acids is 1. The normalized spacial score (nSPS) is 12.1. The van der Waals surface area contributed by atoms with Gasteiger partial charge in [-0.05, 0) is 40.7 Å². The van der Waals surface area contributed by atoms with Gasteiger partial charge in [0.25, 0.3) is 5.91 Å². The quantitative estimate of drug-likeness (QED) is 0.671. The Morgan fingerprint density at radius 3 is 2.76 bits per heavy atom. The third-order valence-corrected chi connectivity index (χ3v) is 4.76. The van der Waals surface area contributed by atoms with Gasteiger partial charge in [-0.3, -0.25) is 9.59 Å². The zero-order valence-corrected chi connectivity index (χ0v) is 14.6. The summed E-state index contributed by atoms with van der Waals surface area (Å²) in [6.45, 7) is 5.40. The van der Waals surface area contributed by atoms with E-state index in [-0.39, 0.29) is 12.5 Å². The lowest BCUT2D eigenvalue weighted by Crippen LogP contribution is -2.37. The Kier molecular flexibility index (Phi) is 7.92. The van der Waals surface area contributed by atoms with Crippen LogP contribution in [0.4, 0.5) is 0 Å². The van der Waals surface area contributed by atoms with E-state index in [0.29, 0.717) is 31.1 Å². The minimum Gasteiger partial charge on any atom is -0.481 e. The molecule has 0 bridgehead atoms. The molecular formula is C14H20BrNO4S. The molecule has 0 aliphatic heterocycles. The number of carboxylic acid groups (broad SMARTS) is 1. The molecule has 1 heterocycles. The zero-order chi connectivity index (χ0) is 15.8. The van der Waals surface area contributed by atoms with Crippen LogP contribution in [0.5, 0.6) is 0 Å². The predicted molar refractivity (Wildman–Crippen MR) is 85.8 cm³/mol. The van der Waals surface area contributed by atoms with Crippen LogP contribution in [-0.4, -0.2) is 48.2 Å². The molecular weight excluding hydrogens is 358 g/mol. The minimum atomic E-state index is -0.900. The van der Waals surface area contributed by atoms with Crippen LogP contribution in [0.1, 0.15) is 29.9 Å². The van der Waals surface area contributed by atoms with Crippen molar-refractivity contribution >= 4 is 39.1 Å². The van der Waals surface area contributed by atoms with Gasteiger partial charge in [0.05, 0.1) is 5.92 Å². The topological polar surface area (TPSA) is 66.8 Å². The van der Waals surface area contributed by atoms with Gasteiger partial charge < -0.3 is 14.7 Å². The van der Waals surface area contributed by atoms with Gasteiger partial charge in [0, 0.05) is 30.8 Å². The van der Waals surface area contributed by atoms with E-state index in [2.05, 4.69) is 15.9 Å². The van der Waals surface area contributed by atoms with Crippen LogP contribution in [0, 0.1) is 5.92 Å². The van der Waals surface area contributed by atoms with Crippen LogP contribution in [0.3, 0.4) is 0 Å². The lowest BCUT2D eigenvalue weighted by molar-refractivity contribution is -0.141. The van der Waals surface area contributed by atoms with Gasteiger partial charge in [-0.2, -0.15) is 0 Å². The second-order valence-corrected chi connectivity index (χ2v) is 6.41. The number of carbonyl (C=O) groups excluding carboxylic acids is 1. The van der Waals surface area contributed by atoms with E-state index < -0.39 is 11.9 Å². The number of halogens is 1. The largest absolute Gasteiger partial charge is 0.481 e. The summed E-state index contributed by atoms with van der Waals surface area (Å²) in [7, 11) is 0. The van der Waals surface area contributed by atoms with Crippen molar-refractivity contribution in [1.82, 2.24) is 4.90 Å². The summed E-state index contributed by atoms with van der Waals surface area (Å²) in [6, 6.07) is 1.82. The van der Waals surface area contributed by atoms with Gasteiger partial charge in [-0.1, -0.05) is 6.92 Å². The summed E-state index contributed by atoms with van der Waals surface area (Å²) in [5.41, 5.74) is 0. The fourth-order valence-corrected chi connectivity index (χ4v) is 3.28. The molecule has 1 rings (SSSR count). The van der Waals surface area contributed by atoms with Gasteiger partial charge in [0.15, 0.2) is 0 Å². The van der Waals surface area contributed by atoms with Crippen LogP contribution in [0.15, 0.2) is 15.9 Å². The summed E-state index contributed by atoms with van der Waals surface area (Å²) < 4.78 is 6.02. The lowest BCUT2D eigenvalue weighted by atomic mass is 10.1. The van der Waals surface area contributed by atoms with Crippen molar-refractivity contribution in [2.24, 2.45) is 5.92 Å². The Labute approximate surface area is 137 Å². The van der Waals surface area contributed by atoms with E-state index in [1.807, 2.05) is 18.4 Å². The van der Waals surface area contributed by atoms with E-state index in [1.54, 1.807) is 11.8 Å². The number of ether oxygens (including phenoxy) is 1. The van der Waals surface area contributed by atoms with Gasteiger partial charge in [0.1, 0.15) is 4.88 Å². The van der Waals surface area contributed by atoms with Crippen molar-refractivity contribution in [3.8, 4) is 0 Å². The second kappa shape index (κ2) is 9.17. The van der Waals surface area contributed by atoms with E-state index >= 15 is 0 Å². The molecule has 1 aromatic heterocycles. The number of thiophene rings is 1. The Morgan fingerprint density at radius 2 is 2.24 bits per heavy atom. The lowest BCUT2D eigenvalue weighted by Gasteiger charge is -2.24. The Balaban J connectivity index is 2.73. The molecule has 0 aliphatic rings. The molecule has 1 aromatic rings. The minimum absolute atomic E-state index is 0.138. The summed E-state index contributed by atoms with van der Waals surface area (Å²) in [6.07, 6.45) is 0.689. The fourth-order valence-electron chi connectivity index (χ4n) is 1.78. The number of nitrogens with zero attached hydrogens (tertiary/aromatic N) is 1. The van der Waals surface area contributed by atoms with E-state index in [9.17, 15) is 9.59 Å². The standard InChI is InChI=1S/C14H20BrNO4S/c1-3-20-7-4-6-16(9-10(2)14(18)19)13(17)12-11(15)5-8-21-12/h5,8,10H,3-4,6-7,9H2,1-2H3,(H,18,19). The highest BCUT2D eigenvalue weighted by atomic mass is 79.9. The molecule has 1 unspecified atom stereocenters. The first kappa shape index (κ1) is 18.1. The smallest absolute Gasteiger partial charge is 0.308 e. The maximum Gasteiger partial charge on any atom is 0.308 e. The van der Waals surface area contributed by atoms with E-state index in [1.165, 1.54) is 11.3 Å². The van der Waals surface area contributed by atoms with Crippen LogP contribution < -0.4 is 0 Å². The Bertz CT molecular complexity index is 477. The molecule has 118 valence electrons. The van der Waals surface area contributed by atoms with Gasteiger partial charge in [-0.15, -0.1) is 11.3 Å². The molecule has 0 saturated carbocycles. The van der Waals surface area contributed by atoms with Crippen molar-refractivity contribution in [3.63, 3.8) is 0 Å². The number of rotatable bonds is 9. The zero-order valence-electron chi connectivity index (χ0n) is 12.2. The molecule has 5 nitrogen and oxygen atoms in total. The monoisotopic (exact) mass is 377 g/mol. The van der Waals surface area contributed by atoms with Crippen LogP contribution in [-0.2, 0) is 9.53 Å². The van der Waals surface area contributed by atoms with Crippen LogP contribution >= 0.6 is 27.3 Å². The van der Waals surface area contributed by atoms with Crippen molar-refractivity contribution in [3.05, 3.63) is 20.8 Å². The highest BCUT2D eigenvalue weighted by molar-refractivity contribution is 9.10. The fraction of sp³-hybridized carbons (Fsp3) is 0.571. The summed E-state index contributed by atoms with van der Waals surface area (Å²) in [5.74, 6) is -1.64. The van der Waals surface area contributed by atoms with Crippen molar-refractivity contribution in [2.75, 3.05) is 26.3 Å². The third kappa shape index (κ3) is 5.76. The highest BCUT2D eigenvalue weighted by Crippen LogP contribution is 2.24. The summed E-state index contributed by atoms with van der Waals surface area (Å²) in [4.78, 5) is 25.7. The molecule has 1 amide bonds. The molecule has 1 N–H and O–H groups in total. The molecule has 0 fully saturated rings. The molecule has 7 heteroatoms. The maximum absolute atomic E-state index is 12.5. The first-order chi connectivity index (χ1) is 9.97. The predicted octanol–water partition coefficient (Wildman–Crippen LogP) is 3.10. The first-order valence-electron chi connectivity index (χ1n) is 6.80. The maximum atomic E-state index is 12.5. The Hall–Kier alpha value is -0.920. The first-order valence-corrected chi connectivity index (χ1v) is 8.47.